The summed E-state index contributed by atoms with van der Waals surface area (Å²) in [6.07, 6.45) is 7.75. The Bertz CT molecular complexity index is 686. The molecule has 0 aromatic carbocycles. The largest absolute Gasteiger partial charge is 0.481 e. The van der Waals surface area contributed by atoms with Crippen molar-refractivity contribution >= 4 is 5.82 Å². The second-order valence-electron chi connectivity index (χ2n) is 5.86. The summed E-state index contributed by atoms with van der Waals surface area (Å²) in [6, 6.07) is 1.89. The zero-order chi connectivity index (χ0) is 14.9. The van der Waals surface area contributed by atoms with Crippen molar-refractivity contribution in [2.24, 2.45) is 0 Å². The summed E-state index contributed by atoms with van der Waals surface area (Å²) in [5, 5.41) is 0. The van der Waals surface area contributed by atoms with Crippen LogP contribution in [0, 0.1) is 0 Å². The molecule has 0 radical (unpaired) electrons. The average molecular weight is 297 g/mol. The molecule has 0 N–H and O–H groups in total. The van der Waals surface area contributed by atoms with E-state index in [1.807, 2.05) is 6.07 Å². The Kier molecular flexibility index (Phi) is 3.36. The smallest absolute Gasteiger partial charge is 0.218 e. The van der Waals surface area contributed by atoms with Crippen molar-refractivity contribution in [1.29, 1.82) is 0 Å². The van der Waals surface area contributed by atoms with Crippen LogP contribution in [0.25, 0.3) is 0 Å². The molecule has 2 aromatic heterocycles. The van der Waals surface area contributed by atoms with Crippen LogP contribution in [0.15, 0.2) is 18.7 Å². The Morgan fingerprint density at radius 2 is 1.86 bits per heavy atom. The van der Waals surface area contributed by atoms with Crippen LogP contribution in [0.4, 0.5) is 5.82 Å². The molecule has 1 saturated carbocycles. The highest BCUT2D eigenvalue weighted by molar-refractivity contribution is 5.43. The van der Waals surface area contributed by atoms with E-state index in [1.54, 1.807) is 19.8 Å². The summed E-state index contributed by atoms with van der Waals surface area (Å²) >= 11 is 0. The summed E-state index contributed by atoms with van der Waals surface area (Å²) in [5.74, 6) is 2.19. The number of aromatic nitrogens is 4. The predicted octanol–water partition coefficient (Wildman–Crippen LogP) is 1.76. The molecule has 3 heterocycles. The molecule has 0 atom stereocenters. The molecule has 4 rings (SSSR count). The maximum atomic E-state index is 5.20. The van der Waals surface area contributed by atoms with Gasteiger partial charge in [-0.1, -0.05) is 0 Å². The van der Waals surface area contributed by atoms with Gasteiger partial charge in [-0.05, 0) is 24.8 Å². The Labute approximate surface area is 129 Å². The highest BCUT2D eigenvalue weighted by Gasteiger charge is 2.30. The molecular weight excluding hydrogens is 278 g/mol. The number of ether oxygens (including phenoxy) is 1. The van der Waals surface area contributed by atoms with Crippen molar-refractivity contribution in [2.75, 3.05) is 25.1 Å². The zero-order valence-corrected chi connectivity index (χ0v) is 12.7. The number of fused-ring (bicyclic) bond motifs is 1. The summed E-state index contributed by atoms with van der Waals surface area (Å²) in [5.41, 5.74) is 3.86. The first-order valence-corrected chi connectivity index (χ1v) is 7.79. The maximum Gasteiger partial charge on any atom is 0.218 e. The van der Waals surface area contributed by atoms with E-state index in [1.165, 1.54) is 29.8 Å². The molecule has 114 valence electrons. The first kappa shape index (κ1) is 13.4. The van der Waals surface area contributed by atoms with Gasteiger partial charge in [0.25, 0.3) is 0 Å². The fourth-order valence-corrected chi connectivity index (χ4v) is 3.10. The van der Waals surface area contributed by atoms with Gasteiger partial charge in [-0.3, -0.25) is 0 Å². The van der Waals surface area contributed by atoms with Crippen LogP contribution in [0.1, 0.15) is 35.7 Å². The first-order valence-electron chi connectivity index (χ1n) is 7.79. The van der Waals surface area contributed by atoms with Gasteiger partial charge in [0.15, 0.2) is 0 Å². The van der Waals surface area contributed by atoms with E-state index in [0.717, 1.165) is 31.7 Å². The molecule has 1 aliphatic carbocycles. The number of anilines is 1. The number of rotatable bonds is 3. The molecule has 2 aromatic rings. The molecule has 0 bridgehead atoms. The second-order valence-corrected chi connectivity index (χ2v) is 5.86. The van der Waals surface area contributed by atoms with Gasteiger partial charge in [0, 0.05) is 37.2 Å². The van der Waals surface area contributed by atoms with Crippen molar-refractivity contribution in [3.05, 3.63) is 35.7 Å². The Balaban J connectivity index is 1.59. The van der Waals surface area contributed by atoms with E-state index in [4.69, 9.17) is 4.74 Å². The third-order valence-electron chi connectivity index (χ3n) is 4.44. The molecule has 2 aliphatic rings. The third-order valence-corrected chi connectivity index (χ3v) is 4.44. The van der Waals surface area contributed by atoms with Gasteiger partial charge in [0.05, 0.1) is 12.8 Å². The molecule has 6 nitrogen and oxygen atoms in total. The van der Waals surface area contributed by atoms with Crippen LogP contribution in [-0.4, -0.2) is 40.1 Å². The summed E-state index contributed by atoms with van der Waals surface area (Å²) in [4.78, 5) is 19.8. The van der Waals surface area contributed by atoms with E-state index >= 15 is 0 Å². The quantitative estimate of drug-likeness (QED) is 0.860. The van der Waals surface area contributed by atoms with Crippen LogP contribution in [-0.2, 0) is 12.8 Å². The minimum absolute atomic E-state index is 0.602. The first-order chi connectivity index (χ1) is 10.8. The number of hydrogen-bond donors (Lipinski definition) is 0. The molecule has 6 heteroatoms. The highest BCUT2D eigenvalue weighted by atomic mass is 16.5. The second kappa shape index (κ2) is 5.51. The summed E-state index contributed by atoms with van der Waals surface area (Å²) in [7, 11) is 1.63. The lowest BCUT2D eigenvalue weighted by atomic mass is 10.0. The van der Waals surface area contributed by atoms with Gasteiger partial charge in [-0.25, -0.2) is 19.9 Å². The maximum absolute atomic E-state index is 5.20. The van der Waals surface area contributed by atoms with Crippen molar-refractivity contribution in [2.45, 2.75) is 31.6 Å². The third kappa shape index (κ3) is 2.49. The Hall–Kier alpha value is -2.24. The summed E-state index contributed by atoms with van der Waals surface area (Å²) < 4.78 is 5.20. The molecule has 0 unspecified atom stereocenters. The number of hydrogen-bond acceptors (Lipinski definition) is 6. The molecular formula is C16H19N5O. The molecule has 0 amide bonds. The lowest BCUT2D eigenvalue weighted by Gasteiger charge is -2.21. The van der Waals surface area contributed by atoms with Crippen molar-refractivity contribution in [1.82, 2.24) is 19.9 Å². The fourth-order valence-electron chi connectivity index (χ4n) is 3.10. The topological polar surface area (TPSA) is 64.0 Å². The normalized spacial score (nSPS) is 17.8. The van der Waals surface area contributed by atoms with Crippen molar-refractivity contribution in [3.8, 4) is 5.88 Å². The van der Waals surface area contributed by atoms with Crippen LogP contribution in [0.2, 0.25) is 0 Å². The minimum atomic E-state index is 0.602. The van der Waals surface area contributed by atoms with Gasteiger partial charge in [-0.15, -0.1) is 0 Å². The van der Waals surface area contributed by atoms with E-state index in [-0.39, 0.29) is 0 Å². The van der Waals surface area contributed by atoms with Crippen LogP contribution in [0.3, 0.4) is 0 Å². The standard InChI is InChI=1S/C16H19N5O/c1-22-15-8-14(18-10-19-15)21-6-4-12-13(5-7-21)17-9-20-16(12)11-2-3-11/h8-11H,2-7H2,1H3. The van der Waals surface area contributed by atoms with Crippen LogP contribution in [0.5, 0.6) is 5.88 Å². The minimum Gasteiger partial charge on any atom is -0.481 e. The van der Waals surface area contributed by atoms with Gasteiger partial charge in [0.2, 0.25) is 5.88 Å². The van der Waals surface area contributed by atoms with E-state index in [2.05, 4.69) is 24.8 Å². The number of methoxy groups -OCH3 is 1. The summed E-state index contributed by atoms with van der Waals surface area (Å²) in [6.45, 7) is 1.84. The average Bonchev–Trinajstić information content (AvgIpc) is 3.41. The molecule has 1 fully saturated rings. The number of nitrogens with zero attached hydrogens (tertiary/aromatic N) is 5. The predicted molar refractivity (Wildman–Crippen MR) is 82.2 cm³/mol. The van der Waals surface area contributed by atoms with Crippen LogP contribution < -0.4 is 9.64 Å². The molecule has 1 aliphatic heterocycles. The van der Waals surface area contributed by atoms with E-state index in [9.17, 15) is 0 Å². The van der Waals surface area contributed by atoms with E-state index < -0.39 is 0 Å². The van der Waals surface area contributed by atoms with Gasteiger partial charge in [-0.2, -0.15) is 0 Å². The van der Waals surface area contributed by atoms with Gasteiger partial charge in [0.1, 0.15) is 18.5 Å². The Morgan fingerprint density at radius 3 is 2.68 bits per heavy atom. The SMILES string of the molecule is COc1cc(N2CCc3ncnc(C4CC4)c3CC2)ncn1. The lowest BCUT2D eigenvalue weighted by Crippen LogP contribution is -2.27. The molecule has 22 heavy (non-hydrogen) atoms. The lowest BCUT2D eigenvalue weighted by molar-refractivity contribution is 0.396. The zero-order valence-electron chi connectivity index (χ0n) is 12.7. The van der Waals surface area contributed by atoms with Gasteiger partial charge < -0.3 is 9.64 Å². The Morgan fingerprint density at radius 1 is 1.05 bits per heavy atom. The monoisotopic (exact) mass is 297 g/mol. The van der Waals surface area contributed by atoms with Crippen molar-refractivity contribution in [3.63, 3.8) is 0 Å². The van der Waals surface area contributed by atoms with Crippen molar-refractivity contribution < 1.29 is 4.74 Å². The van der Waals surface area contributed by atoms with Gasteiger partial charge >= 0.3 is 0 Å². The van der Waals surface area contributed by atoms with Crippen LogP contribution >= 0.6 is 0 Å². The molecule has 0 spiro atoms. The highest BCUT2D eigenvalue weighted by Crippen LogP contribution is 2.41. The molecule has 0 saturated heterocycles. The van der Waals surface area contributed by atoms with E-state index in [0.29, 0.717) is 11.8 Å². The fraction of sp³-hybridized carbons (Fsp3) is 0.500.